The quantitative estimate of drug-likeness (QED) is 0.728. The molecule has 140 valence electrons. The maximum absolute atomic E-state index is 12.7. The number of hydrogen-bond donors (Lipinski definition) is 0. The lowest BCUT2D eigenvalue weighted by Crippen LogP contribution is -2.51. The zero-order valence-corrected chi connectivity index (χ0v) is 16.4. The fourth-order valence-electron chi connectivity index (χ4n) is 3.67. The highest BCUT2D eigenvalue weighted by molar-refractivity contribution is 7.91. The molecule has 1 unspecified atom stereocenters. The predicted octanol–water partition coefficient (Wildman–Crippen LogP) is 0.901. The monoisotopic (exact) mass is 385 g/mol. The van der Waals surface area contributed by atoms with Crippen LogP contribution in [0.2, 0.25) is 0 Å². The Hall–Kier alpha value is -0.960. The zero-order chi connectivity index (χ0) is 17.9. The van der Waals surface area contributed by atoms with Crippen molar-refractivity contribution in [3.8, 4) is 0 Å². The molecule has 2 aliphatic rings. The van der Waals surface area contributed by atoms with Gasteiger partial charge in [0.05, 0.1) is 18.1 Å². The van der Waals surface area contributed by atoms with Gasteiger partial charge >= 0.3 is 0 Å². The fourth-order valence-corrected chi connectivity index (χ4v) is 6.15. The third-order valence-corrected chi connectivity index (χ3v) is 7.71. The van der Waals surface area contributed by atoms with Crippen LogP contribution in [0.3, 0.4) is 0 Å². The molecule has 0 N–H and O–H groups in total. The van der Waals surface area contributed by atoms with Gasteiger partial charge in [0.15, 0.2) is 9.84 Å². The Morgan fingerprint density at radius 3 is 2.56 bits per heavy atom. The topological polar surface area (TPSA) is 60.9 Å². The van der Waals surface area contributed by atoms with E-state index < -0.39 is 9.84 Å². The molecule has 1 amide bonds. The van der Waals surface area contributed by atoms with Gasteiger partial charge in [0.1, 0.15) is 0 Å². The summed E-state index contributed by atoms with van der Waals surface area (Å²) in [6.45, 7) is 7.61. The Labute approximate surface area is 154 Å². The molecule has 3 rings (SSSR count). The number of likely N-dealkylation sites (N-methyl/N-ethyl adjacent to an activating group) is 1. The number of sulfone groups is 1. The molecule has 1 atom stereocenters. The molecule has 25 heavy (non-hydrogen) atoms. The molecule has 8 heteroatoms. The van der Waals surface area contributed by atoms with E-state index in [0.29, 0.717) is 19.5 Å². The molecule has 3 heterocycles. The molecule has 0 saturated carbocycles. The number of nitrogens with zero attached hydrogens (tertiary/aromatic N) is 3. The van der Waals surface area contributed by atoms with Crippen molar-refractivity contribution in [3.05, 3.63) is 22.4 Å². The number of piperazine rings is 1. The van der Waals surface area contributed by atoms with Crippen LogP contribution in [-0.4, -0.2) is 85.8 Å². The maximum Gasteiger partial charge on any atom is 0.237 e. The minimum absolute atomic E-state index is 0.0660. The largest absolute Gasteiger partial charge is 0.338 e. The number of thiophene rings is 1. The van der Waals surface area contributed by atoms with Crippen LogP contribution in [0.5, 0.6) is 0 Å². The van der Waals surface area contributed by atoms with E-state index >= 15 is 0 Å². The Morgan fingerprint density at radius 1 is 1.28 bits per heavy atom. The Bertz CT molecular complexity index is 667. The van der Waals surface area contributed by atoms with Crippen LogP contribution in [0.15, 0.2) is 17.5 Å². The first-order valence-corrected chi connectivity index (χ1v) is 11.6. The molecule has 0 aliphatic carbocycles. The average molecular weight is 386 g/mol. The Balaban J connectivity index is 1.46. The minimum Gasteiger partial charge on any atom is -0.338 e. The molecule has 2 aliphatic heterocycles. The summed E-state index contributed by atoms with van der Waals surface area (Å²) in [7, 11) is -2.96. The van der Waals surface area contributed by atoms with Crippen LogP contribution in [0.25, 0.3) is 0 Å². The van der Waals surface area contributed by atoms with E-state index in [-0.39, 0.29) is 23.5 Å². The second kappa shape index (κ2) is 8.16. The molecule has 0 radical (unpaired) electrons. The van der Waals surface area contributed by atoms with Crippen molar-refractivity contribution in [2.45, 2.75) is 25.9 Å². The van der Waals surface area contributed by atoms with E-state index in [1.54, 1.807) is 16.2 Å². The standard InChI is InChI=1S/C17H27N3O3S2/c1-2-20(15-5-11-25(22,23)14-15)17(21)13-19-8-6-18(7-9-19)12-16-4-3-10-24-16/h3-4,10,15H,2,5-9,11-14H2,1H3. The van der Waals surface area contributed by atoms with Crippen LogP contribution in [0.4, 0.5) is 0 Å². The lowest BCUT2D eigenvalue weighted by molar-refractivity contribution is -0.134. The van der Waals surface area contributed by atoms with Crippen molar-refractivity contribution in [1.82, 2.24) is 14.7 Å². The molecule has 2 fully saturated rings. The van der Waals surface area contributed by atoms with Gasteiger partial charge in [-0.2, -0.15) is 0 Å². The number of carbonyl (C=O) groups is 1. The molecular formula is C17H27N3O3S2. The number of carbonyl (C=O) groups excluding carboxylic acids is 1. The van der Waals surface area contributed by atoms with E-state index in [2.05, 4.69) is 27.3 Å². The summed E-state index contributed by atoms with van der Waals surface area (Å²) < 4.78 is 23.4. The molecule has 6 nitrogen and oxygen atoms in total. The van der Waals surface area contributed by atoms with E-state index in [4.69, 9.17) is 0 Å². The van der Waals surface area contributed by atoms with Crippen molar-refractivity contribution in [2.75, 3.05) is 50.8 Å². The van der Waals surface area contributed by atoms with Gasteiger partial charge in [-0.3, -0.25) is 14.6 Å². The summed E-state index contributed by atoms with van der Waals surface area (Å²) in [5, 5.41) is 2.10. The highest BCUT2D eigenvalue weighted by atomic mass is 32.2. The number of hydrogen-bond acceptors (Lipinski definition) is 6. The highest BCUT2D eigenvalue weighted by Gasteiger charge is 2.34. The SMILES string of the molecule is CCN(C(=O)CN1CCN(Cc2cccs2)CC1)C1CCS(=O)(=O)C1. The zero-order valence-electron chi connectivity index (χ0n) is 14.8. The van der Waals surface area contributed by atoms with Crippen LogP contribution in [-0.2, 0) is 21.2 Å². The Kier molecular flexibility index (Phi) is 6.14. The molecule has 2 saturated heterocycles. The normalized spacial score (nSPS) is 24.4. The predicted molar refractivity (Wildman–Crippen MR) is 100 cm³/mol. The smallest absolute Gasteiger partial charge is 0.237 e. The minimum atomic E-state index is -2.96. The first-order chi connectivity index (χ1) is 12.0. The van der Waals surface area contributed by atoms with Gasteiger partial charge < -0.3 is 4.90 Å². The van der Waals surface area contributed by atoms with Crippen molar-refractivity contribution < 1.29 is 13.2 Å². The summed E-state index contributed by atoms with van der Waals surface area (Å²) in [6, 6.07) is 4.11. The summed E-state index contributed by atoms with van der Waals surface area (Å²) in [5.74, 6) is 0.403. The third-order valence-electron chi connectivity index (χ3n) is 5.09. The number of rotatable bonds is 6. The van der Waals surface area contributed by atoms with E-state index in [1.807, 2.05) is 6.92 Å². The van der Waals surface area contributed by atoms with Gasteiger partial charge in [0.25, 0.3) is 0 Å². The van der Waals surface area contributed by atoms with Gasteiger partial charge in [-0.05, 0) is 24.8 Å². The second-order valence-electron chi connectivity index (χ2n) is 6.87. The van der Waals surface area contributed by atoms with Crippen molar-refractivity contribution in [1.29, 1.82) is 0 Å². The second-order valence-corrected chi connectivity index (χ2v) is 10.1. The van der Waals surface area contributed by atoms with Crippen LogP contribution < -0.4 is 0 Å². The highest BCUT2D eigenvalue weighted by Crippen LogP contribution is 2.18. The third kappa shape index (κ3) is 5.03. The van der Waals surface area contributed by atoms with Crippen molar-refractivity contribution in [3.63, 3.8) is 0 Å². The lowest BCUT2D eigenvalue weighted by Gasteiger charge is -2.36. The van der Waals surface area contributed by atoms with E-state index in [1.165, 1.54) is 4.88 Å². The maximum atomic E-state index is 12.7. The van der Waals surface area contributed by atoms with Crippen LogP contribution in [0, 0.1) is 0 Å². The molecule has 0 bridgehead atoms. The van der Waals surface area contributed by atoms with Gasteiger partial charge in [0.2, 0.25) is 5.91 Å². The van der Waals surface area contributed by atoms with Crippen LogP contribution in [0.1, 0.15) is 18.2 Å². The molecule has 0 spiro atoms. The van der Waals surface area contributed by atoms with Crippen molar-refractivity contribution >= 4 is 27.1 Å². The first-order valence-electron chi connectivity index (χ1n) is 8.94. The first kappa shape index (κ1) is 18.8. The molecule has 1 aromatic rings. The summed E-state index contributed by atoms with van der Waals surface area (Å²) >= 11 is 1.78. The van der Waals surface area contributed by atoms with E-state index in [0.717, 1.165) is 32.7 Å². The van der Waals surface area contributed by atoms with Gasteiger partial charge in [-0.1, -0.05) is 6.07 Å². The van der Waals surface area contributed by atoms with Crippen LogP contribution >= 0.6 is 11.3 Å². The summed E-state index contributed by atoms with van der Waals surface area (Å²) in [6.07, 6.45) is 0.580. The number of amides is 1. The summed E-state index contributed by atoms with van der Waals surface area (Å²) in [5.41, 5.74) is 0. The van der Waals surface area contributed by atoms with Gasteiger partial charge in [-0.25, -0.2) is 8.42 Å². The average Bonchev–Trinajstić information content (AvgIpc) is 3.20. The molecule has 0 aromatic carbocycles. The van der Waals surface area contributed by atoms with E-state index in [9.17, 15) is 13.2 Å². The Morgan fingerprint density at radius 2 is 2.00 bits per heavy atom. The fraction of sp³-hybridized carbons (Fsp3) is 0.706. The molecule has 1 aromatic heterocycles. The van der Waals surface area contributed by atoms with Gasteiger partial charge in [0, 0.05) is 50.2 Å². The van der Waals surface area contributed by atoms with Gasteiger partial charge in [-0.15, -0.1) is 11.3 Å². The lowest BCUT2D eigenvalue weighted by atomic mass is 10.2. The molecular weight excluding hydrogens is 358 g/mol. The van der Waals surface area contributed by atoms with Crippen molar-refractivity contribution in [2.24, 2.45) is 0 Å². The summed E-state index contributed by atoms with van der Waals surface area (Å²) in [4.78, 5) is 20.4.